The van der Waals surface area contributed by atoms with Crippen molar-refractivity contribution in [2.24, 2.45) is 0 Å². The summed E-state index contributed by atoms with van der Waals surface area (Å²) in [5, 5.41) is 10.5. The fourth-order valence-electron chi connectivity index (χ4n) is 2.96. The molecule has 2 heterocycles. The molecule has 0 atom stereocenters. The second-order valence-corrected chi connectivity index (χ2v) is 7.04. The molecule has 4 aromatic rings. The maximum absolute atomic E-state index is 12.7. The molecule has 0 bridgehead atoms. The van der Waals surface area contributed by atoms with Crippen LogP contribution in [-0.2, 0) is 13.2 Å². The molecule has 4 rings (SSSR count). The van der Waals surface area contributed by atoms with E-state index in [2.05, 4.69) is 20.5 Å². The molecule has 0 aliphatic rings. The van der Waals surface area contributed by atoms with E-state index in [0.717, 1.165) is 22.6 Å². The fourth-order valence-corrected chi connectivity index (χ4v) is 3.08. The lowest BCUT2D eigenvalue weighted by Gasteiger charge is -2.09. The Labute approximate surface area is 178 Å². The molecule has 0 unspecified atom stereocenters. The van der Waals surface area contributed by atoms with Crippen molar-refractivity contribution in [3.8, 4) is 17.0 Å². The first-order chi connectivity index (χ1) is 14.7. The minimum atomic E-state index is -0.214. The number of benzene rings is 2. The molecule has 2 aromatic heterocycles. The van der Waals surface area contributed by atoms with Gasteiger partial charge in [-0.3, -0.25) is 14.9 Å². The van der Waals surface area contributed by atoms with Crippen LogP contribution < -0.4 is 10.1 Å². The minimum Gasteiger partial charge on any atom is -0.487 e. The minimum absolute atomic E-state index is 0.214. The molecule has 0 aliphatic heterocycles. The highest BCUT2D eigenvalue weighted by atomic mass is 35.5. The number of aromatic amines is 1. The van der Waals surface area contributed by atoms with Crippen LogP contribution in [0.5, 0.6) is 5.75 Å². The van der Waals surface area contributed by atoms with Crippen LogP contribution in [0, 0.1) is 0 Å². The molecule has 30 heavy (non-hydrogen) atoms. The number of ether oxygens (including phenoxy) is 1. The van der Waals surface area contributed by atoms with Crippen LogP contribution in [0.3, 0.4) is 0 Å². The molecule has 0 fully saturated rings. The van der Waals surface area contributed by atoms with Crippen molar-refractivity contribution in [2.45, 2.75) is 13.2 Å². The third-order valence-electron chi connectivity index (χ3n) is 4.48. The molecule has 0 aliphatic carbocycles. The lowest BCUT2D eigenvalue weighted by Crippen LogP contribution is -2.23. The molecular formula is C23H19ClN4O2. The number of pyridine rings is 1. The summed E-state index contributed by atoms with van der Waals surface area (Å²) in [4.78, 5) is 16.9. The van der Waals surface area contributed by atoms with E-state index in [4.69, 9.17) is 16.3 Å². The number of nitrogens with one attached hydrogen (secondary N) is 2. The van der Waals surface area contributed by atoms with E-state index in [1.165, 1.54) is 6.20 Å². The number of rotatable bonds is 7. The maximum Gasteiger partial charge on any atom is 0.255 e. The van der Waals surface area contributed by atoms with Crippen LogP contribution >= 0.6 is 11.6 Å². The van der Waals surface area contributed by atoms with Gasteiger partial charge in [0.25, 0.3) is 5.91 Å². The van der Waals surface area contributed by atoms with Gasteiger partial charge in [0.05, 0.1) is 23.1 Å². The van der Waals surface area contributed by atoms with Crippen LogP contribution in [0.1, 0.15) is 21.6 Å². The normalized spacial score (nSPS) is 10.6. The first kappa shape index (κ1) is 19.7. The van der Waals surface area contributed by atoms with Gasteiger partial charge in [-0.2, -0.15) is 5.10 Å². The Morgan fingerprint density at radius 3 is 2.73 bits per heavy atom. The van der Waals surface area contributed by atoms with E-state index < -0.39 is 0 Å². The van der Waals surface area contributed by atoms with E-state index >= 15 is 0 Å². The molecule has 0 saturated carbocycles. The van der Waals surface area contributed by atoms with Gasteiger partial charge in [-0.15, -0.1) is 0 Å². The number of aromatic nitrogens is 3. The molecule has 0 spiro atoms. The molecule has 6 nitrogen and oxygen atoms in total. The van der Waals surface area contributed by atoms with E-state index in [1.54, 1.807) is 18.3 Å². The first-order valence-electron chi connectivity index (χ1n) is 9.38. The van der Waals surface area contributed by atoms with Gasteiger partial charge in [0.15, 0.2) is 0 Å². The summed E-state index contributed by atoms with van der Waals surface area (Å²) in [6.07, 6.45) is 3.25. The predicted octanol–water partition coefficient (Wildman–Crippen LogP) is 4.63. The van der Waals surface area contributed by atoms with Crippen molar-refractivity contribution in [3.05, 3.63) is 101 Å². The fraction of sp³-hybridized carbons (Fsp3) is 0.0870. The van der Waals surface area contributed by atoms with Crippen molar-refractivity contribution < 1.29 is 9.53 Å². The quantitative estimate of drug-likeness (QED) is 0.458. The first-order valence-corrected chi connectivity index (χ1v) is 9.76. The van der Waals surface area contributed by atoms with Crippen molar-refractivity contribution in [2.75, 3.05) is 0 Å². The second kappa shape index (κ2) is 9.24. The Kier molecular flexibility index (Phi) is 6.06. The highest BCUT2D eigenvalue weighted by molar-refractivity contribution is 6.30. The summed E-state index contributed by atoms with van der Waals surface area (Å²) in [5.74, 6) is 0.506. The van der Waals surface area contributed by atoms with Gasteiger partial charge < -0.3 is 10.1 Å². The zero-order valence-electron chi connectivity index (χ0n) is 16.0. The molecule has 7 heteroatoms. The largest absolute Gasteiger partial charge is 0.487 e. The van der Waals surface area contributed by atoms with Gasteiger partial charge in [-0.1, -0.05) is 41.9 Å². The van der Waals surface area contributed by atoms with Gasteiger partial charge in [-0.05, 0) is 42.0 Å². The lowest BCUT2D eigenvalue weighted by molar-refractivity contribution is 0.0951. The van der Waals surface area contributed by atoms with Crippen molar-refractivity contribution in [1.82, 2.24) is 20.5 Å². The number of amides is 1. The Balaban J connectivity index is 1.39. The van der Waals surface area contributed by atoms with Gasteiger partial charge in [0, 0.05) is 23.3 Å². The van der Waals surface area contributed by atoms with Crippen LogP contribution in [0.2, 0.25) is 5.02 Å². The van der Waals surface area contributed by atoms with E-state index in [0.29, 0.717) is 29.4 Å². The maximum atomic E-state index is 12.7. The number of carbonyl (C=O) groups excluding carboxylic acids is 1. The Morgan fingerprint density at radius 1 is 1.07 bits per heavy atom. The average molecular weight is 419 g/mol. The van der Waals surface area contributed by atoms with Crippen LogP contribution in [0.15, 0.2) is 79.1 Å². The van der Waals surface area contributed by atoms with E-state index in [1.807, 2.05) is 54.6 Å². The van der Waals surface area contributed by atoms with Gasteiger partial charge >= 0.3 is 0 Å². The van der Waals surface area contributed by atoms with Gasteiger partial charge in [-0.25, -0.2) is 0 Å². The molecule has 0 saturated heterocycles. The Bertz CT molecular complexity index is 1130. The highest BCUT2D eigenvalue weighted by Gasteiger charge is 2.15. The zero-order chi connectivity index (χ0) is 20.8. The monoisotopic (exact) mass is 418 g/mol. The smallest absolute Gasteiger partial charge is 0.255 e. The van der Waals surface area contributed by atoms with E-state index in [9.17, 15) is 4.79 Å². The van der Waals surface area contributed by atoms with Crippen LogP contribution in [-0.4, -0.2) is 21.1 Å². The number of hydrogen-bond acceptors (Lipinski definition) is 4. The third-order valence-corrected chi connectivity index (χ3v) is 4.73. The van der Waals surface area contributed by atoms with E-state index in [-0.39, 0.29) is 5.91 Å². The van der Waals surface area contributed by atoms with Gasteiger partial charge in [0.1, 0.15) is 12.4 Å². The number of halogens is 1. The van der Waals surface area contributed by atoms with Crippen molar-refractivity contribution >= 4 is 17.5 Å². The SMILES string of the molecule is O=C(NCc1cccc(OCc2ccccn2)c1)c1cn[nH]c1-c1ccc(Cl)cc1. The third kappa shape index (κ3) is 4.85. The summed E-state index contributed by atoms with van der Waals surface area (Å²) in [6, 6.07) is 20.5. The van der Waals surface area contributed by atoms with Gasteiger partial charge in [0.2, 0.25) is 0 Å². The summed E-state index contributed by atoms with van der Waals surface area (Å²) >= 11 is 5.94. The molecule has 2 aromatic carbocycles. The lowest BCUT2D eigenvalue weighted by atomic mass is 10.1. The van der Waals surface area contributed by atoms with Crippen LogP contribution in [0.4, 0.5) is 0 Å². The molecular weight excluding hydrogens is 400 g/mol. The van der Waals surface area contributed by atoms with Crippen molar-refractivity contribution in [1.29, 1.82) is 0 Å². The standard InChI is InChI=1S/C23H19ClN4O2/c24-18-9-7-17(8-10-18)22-21(14-27-28-22)23(29)26-13-16-4-3-6-20(12-16)30-15-19-5-1-2-11-25-19/h1-12,14H,13,15H2,(H,26,29)(H,27,28). The Hall–Kier alpha value is -3.64. The molecule has 150 valence electrons. The Morgan fingerprint density at radius 2 is 1.93 bits per heavy atom. The summed E-state index contributed by atoms with van der Waals surface area (Å²) in [7, 11) is 0. The molecule has 2 N–H and O–H groups in total. The summed E-state index contributed by atoms with van der Waals surface area (Å²) < 4.78 is 5.80. The molecule has 0 radical (unpaired) electrons. The number of nitrogens with zero attached hydrogens (tertiary/aromatic N) is 2. The van der Waals surface area contributed by atoms with Crippen molar-refractivity contribution in [3.63, 3.8) is 0 Å². The van der Waals surface area contributed by atoms with Crippen LogP contribution in [0.25, 0.3) is 11.3 Å². The second-order valence-electron chi connectivity index (χ2n) is 6.61. The topological polar surface area (TPSA) is 79.9 Å². The summed E-state index contributed by atoms with van der Waals surface area (Å²) in [6.45, 7) is 0.751. The number of carbonyl (C=O) groups is 1. The summed E-state index contributed by atoms with van der Waals surface area (Å²) in [5.41, 5.74) is 3.74. The predicted molar refractivity (Wildman–Crippen MR) is 115 cm³/mol. The zero-order valence-corrected chi connectivity index (χ0v) is 16.8. The highest BCUT2D eigenvalue weighted by Crippen LogP contribution is 2.23. The number of H-pyrrole nitrogens is 1. The molecule has 1 amide bonds. The average Bonchev–Trinajstić information content (AvgIpc) is 3.28. The number of hydrogen-bond donors (Lipinski definition) is 2.